The normalized spacial score (nSPS) is 10.6. The zero-order chi connectivity index (χ0) is 22.7. The number of methoxy groups -OCH3 is 1. The Kier molecular flexibility index (Phi) is 5.77. The van der Waals surface area contributed by atoms with Gasteiger partial charge in [0.1, 0.15) is 12.1 Å². The molecule has 32 heavy (non-hydrogen) atoms. The Morgan fingerprint density at radius 1 is 1.16 bits per heavy atom. The van der Waals surface area contributed by atoms with Crippen molar-refractivity contribution in [2.75, 3.05) is 17.9 Å². The molecule has 2 aromatic carbocycles. The second-order valence-corrected chi connectivity index (χ2v) is 7.58. The van der Waals surface area contributed by atoms with E-state index >= 15 is 0 Å². The lowest BCUT2D eigenvalue weighted by Crippen LogP contribution is -2.30. The summed E-state index contributed by atoms with van der Waals surface area (Å²) in [5, 5.41) is 15.0. The van der Waals surface area contributed by atoms with Crippen LogP contribution in [0.15, 0.2) is 48.8 Å². The van der Waals surface area contributed by atoms with Gasteiger partial charge in [0, 0.05) is 5.56 Å². The fraction of sp³-hybridized carbons (Fsp3) is 0.100. The Labute approximate surface area is 185 Å². The Bertz CT molecular complexity index is 1320. The number of aryl methyl sites for hydroxylation is 1. The standard InChI is InChI=1S/C20H17N7O4S/c1-11-5-3-4-6-13(11)19(28)26-25-18-16(27(29)30)17(21-10-22-18)24-20-23-14-8-7-12(31-2)9-15(14)32-20/h3-10H,1-2H3,(H,26,28)(H2,21,22,23,24,25). The number of carbonyl (C=O) groups is 1. The highest BCUT2D eigenvalue weighted by Crippen LogP contribution is 2.34. The molecule has 4 aromatic rings. The summed E-state index contributed by atoms with van der Waals surface area (Å²) in [4.78, 5) is 35.8. The van der Waals surface area contributed by atoms with Crippen LogP contribution in [0, 0.1) is 17.0 Å². The summed E-state index contributed by atoms with van der Waals surface area (Å²) in [6.07, 6.45) is 1.15. The van der Waals surface area contributed by atoms with Crippen molar-refractivity contribution in [2.45, 2.75) is 6.92 Å². The minimum absolute atomic E-state index is 0.0661. The zero-order valence-corrected chi connectivity index (χ0v) is 17.8. The van der Waals surface area contributed by atoms with Crippen LogP contribution in [-0.2, 0) is 0 Å². The van der Waals surface area contributed by atoms with Gasteiger partial charge < -0.3 is 10.1 Å². The molecule has 0 saturated carbocycles. The molecule has 0 atom stereocenters. The molecule has 11 nitrogen and oxygen atoms in total. The number of nitrogens with zero attached hydrogens (tertiary/aromatic N) is 4. The van der Waals surface area contributed by atoms with Gasteiger partial charge in [0.25, 0.3) is 5.91 Å². The van der Waals surface area contributed by atoms with E-state index < -0.39 is 16.5 Å². The number of rotatable bonds is 7. The average molecular weight is 451 g/mol. The van der Waals surface area contributed by atoms with Gasteiger partial charge in [0.2, 0.25) is 11.6 Å². The number of thiazole rings is 1. The van der Waals surface area contributed by atoms with E-state index in [4.69, 9.17) is 4.74 Å². The first-order chi connectivity index (χ1) is 15.5. The third-order valence-corrected chi connectivity index (χ3v) is 5.44. The molecule has 0 unspecified atom stereocenters. The maximum atomic E-state index is 12.4. The minimum atomic E-state index is -0.638. The van der Waals surface area contributed by atoms with Crippen LogP contribution in [-0.4, -0.2) is 32.9 Å². The van der Waals surface area contributed by atoms with Gasteiger partial charge in [-0.05, 0) is 36.8 Å². The maximum absolute atomic E-state index is 12.4. The molecule has 1 amide bonds. The number of carbonyl (C=O) groups excluding carboxylic acids is 1. The van der Waals surface area contributed by atoms with Gasteiger partial charge in [-0.2, -0.15) is 0 Å². The molecule has 2 aromatic heterocycles. The predicted octanol–water partition coefficient (Wildman–Crippen LogP) is 3.81. The third kappa shape index (κ3) is 4.25. The first-order valence-electron chi connectivity index (χ1n) is 9.29. The highest BCUT2D eigenvalue weighted by Gasteiger charge is 2.24. The molecular weight excluding hydrogens is 434 g/mol. The Morgan fingerprint density at radius 3 is 2.69 bits per heavy atom. The summed E-state index contributed by atoms with van der Waals surface area (Å²) in [7, 11) is 1.57. The largest absolute Gasteiger partial charge is 0.497 e. The van der Waals surface area contributed by atoms with Crippen molar-refractivity contribution in [3.05, 3.63) is 70.0 Å². The number of anilines is 3. The smallest absolute Gasteiger partial charge is 0.355 e. The van der Waals surface area contributed by atoms with Crippen molar-refractivity contribution in [3.8, 4) is 5.75 Å². The number of hydrogen-bond acceptors (Lipinski definition) is 10. The van der Waals surface area contributed by atoms with Crippen LogP contribution in [0.4, 0.5) is 22.5 Å². The summed E-state index contributed by atoms with van der Waals surface area (Å²) in [5.74, 6) is -0.0110. The third-order valence-electron chi connectivity index (χ3n) is 4.51. The lowest BCUT2D eigenvalue weighted by atomic mass is 10.1. The Hall–Kier alpha value is -4.32. The highest BCUT2D eigenvalue weighted by atomic mass is 32.1. The SMILES string of the molecule is COc1ccc2nc(Nc3ncnc(NNC(=O)c4ccccc4C)c3[N+](=O)[O-])sc2c1. The van der Waals surface area contributed by atoms with Crippen molar-refractivity contribution in [1.82, 2.24) is 20.4 Å². The van der Waals surface area contributed by atoms with E-state index in [-0.39, 0.29) is 11.6 Å². The first kappa shape index (κ1) is 20.9. The molecule has 0 saturated heterocycles. The van der Waals surface area contributed by atoms with Gasteiger partial charge in [0.15, 0.2) is 5.13 Å². The number of aromatic nitrogens is 3. The van der Waals surface area contributed by atoms with Crippen LogP contribution >= 0.6 is 11.3 Å². The van der Waals surface area contributed by atoms with Gasteiger partial charge >= 0.3 is 5.69 Å². The number of amides is 1. The van der Waals surface area contributed by atoms with Gasteiger partial charge in [-0.3, -0.25) is 25.8 Å². The maximum Gasteiger partial charge on any atom is 0.355 e. The fourth-order valence-electron chi connectivity index (χ4n) is 2.93. The summed E-state index contributed by atoms with van der Waals surface area (Å²) < 4.78 is 6.05. The summed E-state index contributed by atoms with van der Waals surface area (Å²) in [5.41, 5.74) is 6.43. The molecule has 4 rings (SSSR count). The number of hydrazine groups is 1. The van der Waals surface area contributed by atoms with Crippen LogP contribution in [0.5, 0.6) is 5.75 Å². The summed E-state index contributed by atoms with van der Waals surface area (Å²) >= 11 is 1.29. The van der Waals surface area contributed by atoms with E-state index in [1.807, 2.05) is 12.1 Å². The molecule has 0 aliphatic rings. The second kappa shape index (κ2) is 8.81. The Balaban J connectivity index is 1.59. The number of ether oxygens (including phenoxy) is 1. The molecular formula is C20H17N7O4S. The molecule has 0 aliphatic heterocycles. The lowest BCUT2D eigenvalue weighted by Gasteiger charge is -2.11. The molecule has 0 spiro atoms. The monoisotopic (exact) mass is 451 g/mol. The molecule has 0 aliphatic carbocycles. The van der Waals surface area contributed by atoms with Crippen molar-refractivity contribution < 1.29 is 14.5 Å². The van der Waals surface area contributed by atoms with Crippen molar-refractivity contribution in [2.24, 2.45) is 0 Å². The van der Waals surface area contributed by atoms with E-state index in [0.29, 0.717) is 22.0 Å². The minimum Gasteiger partial charge on any atom is -0.497 e. The van der Waals surface area contributed by atoms with Crippen molar-refractivity contribution in [3.63, 3.8) is 0 Å². The summed E-state index contributed by atoms with van der Waals surface area (Å²) in [6.45, 7) is 1.79. The van der Waals surface area contributed by atoms with Crippen molar-refractivity contribution in [1.29, 1.82) is 0 Å². The van der Waals surface area contributed by atoms with E-state index in [1.165, 1.54) is 11.3 Å². The molecule has 162 valence electrons. The molecule has 0 bridgehead atoms. The van der Waals surface area contributed by atoms with E-state index in [1.54, 1.807) is 44.4 Å². The second-order valence-electron chi connectivity index (χ2n) is 6.55. The number of hydrogen-bond donors (Lipinski definition) is 3. The number of nitro groups is 1. The first-order valence-corrected chi connectivity index (χ1v) is 10.1. The molecule has 0 fully saturated rings. The van der Waals surface area contributed by atoms with Crippen LogP contribution < -0.4 is 20.9 Å². The highest BCUT2D eigenvalue weighted by molar-refractivity contribution is 7.22. The van der Waals surface area contributed by atoms with Crippen LogP contribution in [0.3, 0.4) is 0 Å². The van der Waals surface area contributed by atoms with Crippen LogP contribution in [0.2, 0.25) is 0 Å². The number of benzene rings is 2. The quantitative estimate of drug-likeness (QED) is 0.282. The number of fused-ring (bicyclic) bond motifs is 1. The zero-order valence-electron chi connectivity index (χ0n) is 16.9. The van der Waals surface area contributed by atoms with Gasteiger partial charge in [-0.1, -0.05) is 29.5 Å². The van der Waals surface area contributed by atoms with Crippen LogP contribution in [0.1, 0.15) is 15.9 Å². The van der Waals surface area contributed by atoms with Gasteiger partial charge in [-0.25, -0.2) is 15.0 Å². The molecule has 2 heterocycles. The van der Waals surface area contributed by atoms with E-state index in [2.05, 4.69) is 31.1 Å². The molecule has 3 N–H and O–H groups in total. The van der Waals surface area contributed by atoms with Gasteiger partial charge in [-0.15, -0.1) is 0 Å². The predicted molar refractivity (Wildman–Crippen MR) is 120 cm³/mol. The van der Waals surface area contributed by atoms with Crippen LogP contribution in [0.25, 0.3) is 10.2 Å². The van der Waals surface area contributed by atoms with E-state index in [9.17, 15) is 14.9 Å². The molecule has 12 heteroatoms. The topological polar surface area (TPSA) is 144 Å². The number of nitrogens with one attached hydrogen (secondary N) is 3. The Morgan fingerprint density at radius 2 is 1.94 bits per heavy atom. The molecule has 0 radical (unpaired) electrons. The average Bonchev–Trinajstić information content (AvgIpc) is 3.18. The van der Waals surface area contributed by atoms with Gasteiger partial charge in [0.05, 0.1) is 22.2 Å². The summed E-state index contributed by atoms with van der Waals surface area (Å²) in [6, 6.07) is 12.4. The lowest BCUT2D eigenvalue weighted by molar-refractivity contribution is -0.383. The van der Waals surface area contributed by atoms with Crippen molar-refractivity contribution >= 4 is 49.9 Å². The van der Waals surface area contributed by atoms with E-state index in [0.717, 1.165) is 16.6 Å². The fourth-order valence-corrected chi connectivity index (χ4v) is 3.83.